The standard InChI is InChI=1S/C25H29N3O4/c1-31-24(29)14-19-13-21-15-22(9-10-23(21)32-17-19)27-25(30)20-7-5-18(6-8-20)16-26-28-11-3-2-4-12-28/h5-10,15-16,19H,2-4,11-14,17H2,1H3,(H,27,30). The molecule has 1 N–H and O–H groups in total. The molecule has 0 radical (unpaired) electrons. The van der Waals surface area contributed by atoms with Gasteiger partial charge in [-0.05, 0) is 67.1 Å². The molecule has 0 bridgehead atoms. The predicted octanol–water partition coefficient (Wildman–Crippen LogP) is 3.87. The Kier molecular flexibility index (Phi) is 7.04. The van der Waals surface area contributed by atoms with Gasteiger partial charge in [0, 0.05) is 30.3 Å². The molecule has 2 aromatic carbocycles. The number of piperidine rings is 1. The maximum Gasteiger partial charge on any atom is 0.305 e. The van der Waals surface area contributed by atoms with Crippen molar-refractivity contribution in [1.82, 2.24) is 5.01 Å². The zero-order chi connectivity index (χ0) is 22.3. The number of benzene rings is 2. The number of fused-ring (bicyclic) bond motifs is 1. The zero-order valence-corrected chi connectivity index (χ0v) is 18.4. The molecule has 0 aliphatic carbocycles. The Bertz CT molecular complexity index is 981. The largest absolute Gasteiger partial charge is 0.493 e. The summed E-state index contributed by atoms with van der Waals surface area (Å²) in [7, 11) is 1.39. The SMILES string of the molecule is COC(=O)CC1COc2ccc(NC(=O)c3ccc(C=NN4CCCCC4)cc3)cc2C1. The lowest BCUT2D eigenvalue weighted by atomic mass is 9.94. The maximum atomic E-state index is 12.7. The number of hydrogen-bond donors (Lipinski definition) is 1. The molecule has 32 heavy (non-hydrogen) atoms. The molecule has 168 valence electrons. The Morgan fingerprint density at radius 2 is 1.94 bits per heavy atom. The van der Waals surface area contributed by atoms with Crippen molar-refractivity contribution in [2.75, 3.05) is 32.1 Å². The highest BCUT2D eigenvalue weighted by atomic mass is 16.5. The van der Waals surface area contributed by atoms with Crippen LogP contribution in [0.25, 0.3) is 0 Å². The number of esters is 1. The molecule has 0 spiro atoms. The second-order valence-electron chi connectivity index (χ2n) is 8.32. The lowest BCUT2D eigenvalue weighted by Crippen LogP contribution is -2.24. The van der Waals surface area contributed by atoms with E-state index >= 15 is 0 Å². The van der Waals surface area contributed by atoms with Crippen LogP contribution in [0.2, 0.25) is 0 Å². The number of anilines is 1. The first-order chi connectivity index (χ1) is 15.6. The first kappa shape index (κ1) is 21.9. The molecule has 0 saturated carbocycles. The van der Waals surface area contributed by atoms with Gasteiger partial charge in [0.1, 0.15) is 5.75 Å². The van der Waals surface area contributed by atoms with Gasteiger partial charge in [0.15, 0.2) is 0 Å². The summed E-state index contributed by atoms with van der Waals surface area (Å²) >= 11 is 0. The Balaban J connectivity index is 1.36. The lowest BCUT2D eigenvalue weighted by Gasteiger charge is -2.25. The van der Waals surface area contributed by atoms with Crippen LogP contribution < -0.4 is 10.1 Å². The third-order valence-corrected chi connectivity index (χ3v) is 5.86. The molecule has 1 fully saturated rings. The minimum Gasteiger partial charge on any atom is -0.493 e. The van der Waals surface area contributed by atoms with Gasteiger partial charge >= 0.3 is 5.97 Å². The van der Waals surface area contributed by atoms with Gasteiger partial charge in [-0.25, -0.2) is 0 Å². The topological polar surface area (TPSA) is 80.2 Å². The van der Waals surface area contributed by atoms with Gasteiger partial charge in [0.05, 0.1) is 26.4 Å². The van der Waals surface area contributed by atoms with E-state index in [-0.39, 0.29) is 17.8 Å². The van der Waals surface area contributed by atoms with Crippen LogP contribution in [-0.4, -0.2) is 49.9 Å². The first-order valence-electron chi connectivity index (χ1n) is 11.1. The van der Waals surface area contributed by atoms with Gasteiger partial charge in [-0.3, -0.25) is 14.6 Å². The summed E-state index contributed by atoms with van der Waals surface area (Å²) in [6, 6.07) is 13.0. The molecule has 1 unspecified atom stereocenters. The molecule has 2 aliphatic rings. The molecule has 2 aliphatic heterocycles. The molecule has 2 aromatic rings. The van der Waals surface area contributed by atoms with Gasteiger partial charge in [0.2, 0.25) is 0 Å². The summed E-state index contributed by atoms with van der Waals surface area (Å²) in [5.74, 6) is 0.449. The van der Waals surface area contributed by atoms with Crippen molar-refractivity contribution in [3.63, 3.8) is 0 Å². The Labute approximate surface area is 188 Å². The fourth-order valence-electron chi connectivity index (χ4n) is 4.05. The van der Waals surface area contributed by atoms with Crippen LogP contribution >= 0.6 is 0 Å². The highest BCUT2D eigenvalue weighted by Crippen LogP contribution is 2.31. The molecule has 7 heteroatoms. The summed E-state index contributed by atoms with van der Waals surface area (Å²) < 4.78 is 10.5. The van der Waals surface area contributed by atoms with E-state index in [4.69, 9.17) is 9.47 Å². The number of methoxy groups -OCH3 is 1. The van der Waals surface area contributed by atoms with E-state index in [0.717, 1.165) is 30.0 Å². The molecular formula is C25H29N3O4. The normalized spacial score (nSPS) is 18.0. The van der Waals surface area contributed by atoms with Crippen LogP contribution in [-0.2, 0) is 16.0 Å². The van der Waals surface area contributed by atoms with Gasteiger partial charge < -0.3 is 14.8 Å². The monoisotopic (exact) mass is 435 g/mol. The number of carbonyl (C=O) groups is 2. The number of nitrogens with zero attached hydrogens (tertiary/aromatic N) is 2. The Morgan fingerprint density at radius 1 is 1.16 bits per heavy atom. The van der Waals surface area contributed by atoms with Crippen LogP contribution in [0, 0.1) is 5.92 Å². The average Bonchev–Trinajstić information content (AvgIpc) is 2.83. The average molecular weight is 436 g/mol. The van der Waals surface area contributed by atoms with Crippen LogP contribution in [0.4, 0.5) is 5.69 Å². The lowest BCUT2D eigenvalue weighted by molar-refractivity contribution is -0.142. The van der Waals surface area contributed by atoms with E-state index in [9.17, 15) is 9.59 Å². The molecule has 1 saturated heterocycles. The number of rotatable bonds is 6. The maximum absolute atomic E-state index is 12.7. The van der Waals surface area contributed by atoms with Crippen LogP contribution in [0.5, 0.6) is 5.75 Å². The van der Waals surface area contributed by atoms with E-state index in [2.05, 4.69) is 15.4 Å². The summed E-state index contributed by atoms with van der Waals surface area (Å²) in [4.78, 5) is 24.3. The second-order valence-corrected chi connectivity index (χ2v) is 8.32. The smallest absolute Gasteiger partial charge is 0.305 e. The van der Waals surface area contributed by atoms with Gasteiger partial charge in [0.25, 0.3) is 5.91 Å². The van der Waals surface area contributed by atoms with Gasteiger partial charge in [-0.1, -0.05) is 12.1 Å². The Morgan fingerprint density at radius 3 is 2.69 bits per heavy atom. The molecule has 2 heterocycles. The van der Waals surface area contributed by atoms with E-state index in [0.29, 0.717) is 30.7 Å². The summed E-state index contributed by atoms with van der Waals surface area (Å²) in [6.45, 7) is 2.50. The number of ether oxygens (including phenoxy) is 2. The number of carbonyl (C=O) groups excluding carboxylic acids is 2. The van der Waals surface area contributed by atoms with E-state index in [1.165, 1.54) is 26.4 Å². The quantitative estimate of drug-likeness (QED) is 0.550. The number of hydrogen-bond acceptors (Lipinski definition) is 6. The van der Waals surface area contributed by atoms with Gasteiger partial charge in [-0.15, -0.1) is 0 Å². The van der Waals surface area contributed by atoms with E-state index in [1.807, 2.05) is 36.5 Å². The van der Waals surface area contributed by atoms with Crippen LogP contribution in [0.1, 0.15) is 47.2 Å². The van der Waals surface area contributed by atoms with Crippen molar-refractivity contribution in [2.45, 2.75) is 32.1 Å². The molecular weight excluding hydrogens is 406 g/mol. The highest BCUT2D eigenvalue weighted by Gasteiger charge is 2.23. The number of hydrazone groups is 1. The van der Waals surface area contributed by atoms with Gasteiger partial charge in [-0.2, -0.15) is 5.10 Å². The van der Waals surface area contributed by atoms with Crippen LogP contribution in [0.15, 0.2) is 47.6 Å². The van der Waals surface area contributed by atoms with E-state index in [1.54, 1.807) is 12.1 Å². The molecule has 0 aromatic heterocycles. The third-order valence-electron chi connectivity index (χ3n) is 5.86. The third kappa shape index (κ3) is 5.66. The second kappa shape index (κ2) is 10.3. The Hall–Kier alpha value is -3.35. The van der Waals surface area contributed by atoms with Crippen molar-refractivity contribution < 1.29 is 19.1 Å². The highest BCUT2D eigenvalue weighted by molar-refractivity contribution is 6.04. The number of amides is 1. The minimum atomic E-state index is -0.240. The van der Waals surface area contributed by atoms with E-state index < -0.39 is 0 Å². The molecule has 4 rings (SSSR count). The van der Waals surface area contributed by atoms with Crippen molar-refractivity contribution >= 4 is 23.8 Å². The van der Waals surface area contributed by atoms with Crippen molar-refractivity contribution in [3.8, 4) is 5.75 Å². The van der Waals surface area contributed by atoms with Crippen molar-refractivity contribution in [3.05, 3.63) is 59.2 Å². The summed E-state index contributed by atoms with van der Waals surface area (Å²) in [6.07, 6.45) is 6.54. The predicted molar refractivity (Wildman–Crippen MR) is 123 cm³/mol. The zero-order valence-electron chi connectivity index (χ0n) is 18.4. The molecule has 1 amide bonds. The van der Waals surface area contributed by atoms with Crippen molar-refractivity contribution in [2.24, 2.45) is 11.0 Å². The summed E-state index contributed by atoms with van der Waals surface area (Å²) in [5, 5.41) is 9.58. The first-order valence-corrected chi connectivity index (χ1v) is 11.1. The minimum absolute atomic E-state index is 0.0695. The summed E-state index contributed by atoms with van der Waals surface area (Å²) in [5.41, 5.74) is 3.23. The van der Waals surface area contributed by atoms with Crippen molar-refractivity contribution in [1.29, 1.82) is 0 Å². The molecule has 1 atom stereocenters. The fraction of sp³-hybridized carbons (Fsp3) is 0.400. The molecule has 7 nitrogen and oxygen atoms in total. The van der Waals surface area contributed by atoms with Crippen LogP contribution in [0.3, 0.4) is 0 Å². The number of nitrogens with one attached hydrogen (secondary N) is 1. The fourth-order valence-corrected chi connectivity index (χ4v) is 4.05.